The summed E-state index contributed by atoms with van der Waals surface area (Å²) in [5.74, 6) is -1.84. The van der Waals surface area contributed by atoms with Crippen molar-refractivity contribution in [1.29, 1.82) is 0 Å². The van der Waals surface area contributed by atoms with Crippen molar-refractivity contribution < 1.29 is 29.8 Å². The third kappa shape index (κ3) is 4.23. The Labute approximate surface area is 119 Å². The summed E-state index contributed by atoms with van der Waals surface area (Å²) < 4.78 is 0. The monoisotopic (exact) mass is 298 g/mol. The van der Waals surface area contributed by atoms with Crippen LogP contribution in [0.25, 0.3) is 0 Å². The number of benzene rings is 1. The maximum atomic E-state index is 11.1. The van der Waals surface area contributed by atoms with Crippen molar-refractivity contribution in [3.05, 3.63) is 39.4 Å². The standard InChI is InChI=1S/C12H14N2O7/c1-6(15)13-5-10(16)11(17)9-4-7(14(20)21)2-3-8(9)12(18)19/h2-4,10-11,16-17H,5H2,1H3,(H,13,15)(H,18,19). The molecule has 0 aliphatic carbocycles. The fourth-order valence-electron chi connectivity index (χ4n) is 1.67. The quantitative estimate of drug-likeness (QED) is 0.420. The molecule has 1 aromatic carbocycles. The zero-order valence-electron chi connectivity index (χ0n) is 11.0. The van der Waals surface area contributed by atoms with Crippen molar-refractivity contribution in [1.82, 2.24) is 5.32 Å². The van der Waals surface area contributed by atoms with E-state index in [1.165, 1.54) is 6.92 Å². The summed E-state index contributed by atoms with van der Waals surface area (Å²) in [6.07, 6.45) is -3.20. The molecule has 1 rings (SSSR count). The summed E-state index contributed by atoms with van der Waals surface area (Å²) in [7, 11) is 0. The maximum absolute atomic E-state index is 11.1. The Balaban J connectivity index is 3.12. The first-order chi connectivity index (χ1) is 9.73. The Hall–Kier alpha value is -2.52. The van der Waals surface area contributed by atoms with Gasteiger partial charge in [0.05, 0.1) is 10.5 Å². The lowest BCUT2D eigenvalue weighted by atomic mass is 9.97. The van der Waals surface area contributed by atoms with Crippen molar-refractivity contribution in [3.63, 3.8) is 0 Å². The molecule has 0 aliphatic heterocycles. The van der Waals surface area contributed by atoms with Crippen molar-refractivity contribution >= 4 is 17.6 Å². The second kappa shape index (κ2) is 6.77. The number of nitrogens with one attached hydrogen (secondary N) is 1. The number of amides is 1. The Morgan fingerprint density at radius 2 is 2.00 bits per heavy atom. The van der Waals surface area contributed by atoms with Gasteiger partial charge in [-0.05, 0) is 6.07 Å². The van der Waals surface area contributed by atoms with E-state index in [0.29, 0.717) is 0 Å². The molecule has 1 aromatic rings. The second-order valence-corrected chi connectivity index (χ2v) is 4.28. The van der Waals surface area contributed by atoms with E-state index in [1.54, 1.807) is 0 Å². The molecule has 21 heavy (non-hydrogen) atoms. The topological polar surface area (TPSA) is 150 Å². The number of carboxylic acid groups (broad SMARTS) is 1. The number of aromatic carboxylic acids is 1. The normalized spacial score (nSPS) is 13.3. The van der Waals surface area contributed by atoms with Crippen LogP contribution in [0.4, 0.5) is 5.69 Å². The molecule has 2 atom stereocenters. The molecule has 0 bridgehead atoms. The highest BCUT2D eigenvalue weighted by atomic mass is 16.6. The van der Waals surface area contributed by atoms with Crippen molar-refractivity contribution in [2.24, 2.45) is 0 Å². The van der Waals surface area contributed by atoms with Crippen LogP contribution in [0.1, 0.15) is 28.9 Å². The van der Waals surface area contributed by atoms with Crippen LogP contribution < -0.4 is 5.32 Å². The van der Waals surface area contributed by atoms with Gasteiger partial charge in [-0.25, -0.2) is 4.79 Å². The molecule has 1 amide bonds. The molecular formula is C12H14N2O7. The van der Waals surface area contributed by atoms with Crippen LogP contribution >= 0.6 is 0 Å². The number of carboxylic acids is 1. The van der Waals surface area contributed by atoms with Gasteiger partial charge in [0.2, 0.25) is 5.91 Å². The summed E-state index contributed by atoms with van der Waals surface area (Å²) in [5.41, 5.74) is -1.08. The number of nitro groups is 1. The minimum atomic E-state index is -1.69. The van der Waals surface area contributed by atoms with Crippen LogP contribution in [0, 0.1) is 10.1 Å². The molecule has 0 heterocycles. The molecule has 4 N–H and O–H groups in total. The molecule has 0 aliphatic rings. The minimum absolute atomic E-state index is 0.297. The van der Waals surface area contributed by atoms with Crippen LogP contribution in [-0.4, -0.2) is 44.8 Å². The van der Waals surface area contributed by atoms with Crippen LogP contribution in [0.2, 0.25) is 0 Å². The van der Waals surface area contributed by atoms with E-state index in [-0.39, 0.29) is 17.7 Å². The molecule has 0 saturated carbocycles. The van der Waals surface area contributed by atoms with Gasteiger partial charge in [-0.15, -0.1) is 0 Å². The Kier molecular flexibility index (Phi) is 5.33. The molecule has 0 saturated heterocycles. The van der Waals surface area contributed by atoms with E-state index < -0.39 is 34.7 Å². The predicted octanol–water partition coefficient (Wildman–Crippen LogP) is -0.177. The van der Waals surface area contributed by atoms with Crippen molar-refractivity contribution in [3.8, 4) is 0 Å². The smallest absolute Gasteiger partial charge is 0.336 e. The summed E-state index contributed by atoms with van der Waals surface area (Å²) in [6, 6.07) is 2.84. The number of nitrogens with zero attached hydrogens (tertiary/aromatic N) is 1. The third-order valence-corrected chi connectivity index (χ3v) is 2.72. The summed E-state index contributed by atoms with van der Waals surface area (Å²) in [6.45, 7) is 0.882. The minimum Gasteiger partial charge on any atom is -0.478 e. The first kappa shape index (κ1) is 16.5. The molecule has 0 radical (unpaired) electrons. The number of carbonyl (C=O) groups excluding carboxylic acids is 1. The van der Waals surface area contributed by atoms with E-state index in [0.717, 1.165) is 18.2 Å². The van der Waals surface area contributed by atoms with Crippen LogP contribution in [0.3, 0.4) is 0 Å². The highest BCUT2D eigenvalue weighted by molar-refractivity contribution is 5.90. The summed E-state index contributed by atoms with van der Waals surface area (Å²) in [4.78, 5) is 31.8. The Morgan fingerprint density at radius 3 is 2.48 bits per heavy atom. The van der Waals surface area contributed by atoms with Gasteiger partial charge >= 0.3 is 5.97 Å². The molecule has 0 spiro atoms. The zero-order chi connectivity index (χ0) is 16.2. The second-order valence-electron chi connectivity index (χ2n) is 4.28. The van der Waals surface area contributed by atoms with E-state index in [9.17, 15) is 29.9 Å². The molecule has 0 fully saturated rings. The SMILES string of the molecule is CC(=O)NCC(O)C(O)c1cc([N+](=O)[O-])ccc1C(=O)O. The highest BCUT2D eigenvalue weighted by Crippen LogP contribution is 2.26. The van der Waals surface area contributed by atoms with Gasteiger partial charge in [0, 0.05) is 31.2 Å². The van der Waals surface area contributed by atoms with Gasteiger partial charge < -0.3 is 20.6 Å². The zero-order valence-corrected chi connectivity index (χ0v) is 11.0. The number of non-ortho nitro benzene ring substituents is 1. The molecule has 114 valence electrons. The number of nitro benzene ring substituents is 1. The third-order valence-electron chi connectivity index (χ3n) is 2.72. The van der Waals surface area contributed by atoms with E-state index in [2.05, 4.69) is 5.32 Å². The lowest BCUT2D eigenvalue weighted by molar-refractivity contribution is -0.385. The van der Waals surface area contributed by atoms with Gasteiger partial charge in [-0.3, -0.25) is 14.9 Å². The maximum Gasteiger partial charge on any atom is 0.336 e. The summed E-state index contributed by atoms with van der Waals surface area (Å²) >= 11 is 0. The molecule has 9 heteroatoms. The van der Waals surface area contributed by atoms with E-state index in [1.807, 2.05) is 0 Å². The van der Waals surface area contributed by atoms with Crippen LogP contribution in [-0.2, 0) is 4.79 Å². The number of carbonyl (C=O) groups is 2. The van der Waals surface area contributed by atoms with Crippen molar-refractivity contribution in [2.45, 2.75) is 19.1 Å². The van der Waals surface area contributed by atoms with Gasteiger partial charge in [-0.1, -0.05) is 0 Å². The lowest BCUT2D eigenvalue weighted by Crippen LogP contribution is -2.34. The Bertz CT molecular complexity index is 573. The largest absolute Gasteiger partial charge is 0.478 e. The fraction of sp³-hybridized carbons (Fsp3) is 0.333. The van der Waals surface area contributed by atoms with Crippen LogP contribution in [0.5, 0.6) is 0 Å². The van der Waals surface area contributed by atoms with Gasteiger partial charge in [0.25, 0.3) is 5.69 Å². The molecular weight excluding hydrogens is 284 g/mol. The molecule has 0 aromatic heterocycles. The number of hydrogen-bond acceptors (Lipinski definition) is 6. The Morgan fingerprint density at radius 1 is 1.38 bits per heavy atom. The van der Waals surface area contributed by atoms with Gasteiger partial charge in [0.15, 0.2) is 0 Å². The van der Waals surface area contributed by atoms with Crippen LogP contribution in [0.15, 0.2) is 18.2 Å². The molecule has 2 unspecified atom stereocenters. The average molecular weight is 298 g/mol. The number of aliphatic hydroxyl groups is 2. The predicted molar refractivity (Wildman–Crippen MR) is 69.7 cm³/mol. The summed E-state index contributed by atoms with van der Waals surface area (Å²) in [5, 5.41) is 41.6. The first-order valence-corrected chi connectivity index (χ1v) is 5.86. The first-order valence-electron chi connectivity index (χ1n) is 5.86. The van der Waals surface area contributed by atoms with E-state index >= 15 is 0 Å². The van der Waals surface area contributed by atoms with Gasteiger partial charge in [0.1, 0.15) is 12.2 Å². The fourth-order valence-corrected chi connectivity index (χ4v) is 1.67. The average Bonchev–Trinajstić information content (AvgIpc) is 2.42. The van der Waals surface area contributed by atoms with E-state index in [4.69, 9.17) is 5.11 Å². The molecule has 9 nitrogen and oxygen atoms in total. The number of hydrogen-bond donors (Lipinski definition) is 4. The van der Waals surface area contributed by atoms with Gasteiger partial charge in [-0.2, -0.15) is 0 Å². The lowest BCUT2D eigenvalue weighted by Gasteiger charge is -2.19. The number of aliphatic hydroxyl groups excluding tert-OH is 2. The van der Waals surface area contributed by atoms with Crippen molar-refractivity contribution in [2.75, 3.05) is 6.54 Å². The number of rotatable bonds is 6. The highest BCUT2D eigenvalue weighted by Gasteiger charge is 2.26.